The number of esters is 3. The van der Waals surface area contributed by atoms with Gasteiger partial charge in [-0.1, -0.05) is 49.6 Å². The van der Waals surface area contributed by atoms with Crippen LogP contribution in [0.5, 0.6) is 11.5 Å². The molecule has 0 amide bonds. The summed E-state index contributed by atoms with van der Waals surface area (Å²) >= 11 is 0. The van der Waals surface area contributed by atoms with Crippen LogP contribution in [0.4, 0.5) is 4.79 Å². The van der Waals surface area contributed by atoms with Crippen LogP contribution in [-0.2, 0) is 33.3 Å². The van der Waals surface area contributed by atoms with Crippen molar-refractivity contribution in [3.8, 4) is 11.5 Å². The largest absolute Gasteiger partial charge is 0.513 e. The van der Waals surface area contributed by atoms with Gasteiger partial charge in [0, 0.05) is 11.6 Å². The summed E-state index contributed by atoms with van der Waals surface area (Å²) in [6, 6.07) is 14.6. The SMILES string of the molecule is C=CC(=O)OCCCCOc1ccc(/C=C/c2ccc(OC(=O)OCCCCOC(=O)C(=C)CC(=O)OC)cc2)cc1. The molecule has 10 heteroatoms. The van der Waals surface area contributed by atoms with Gasteiger partial charge in [-0.05, 0) is 61.1 Å². The van der Waals surface area contributed by atoms with Crippen LogP contribution < -0.4 is 9.47 Å². The topological polar surface area (TPSA) is 124 Å². The fourth-order valence-corrected chi connectivity index (χ4v) is 3.21. The van der Waals surface area contributed by atoms with Crippen LogP contribution in [0.15, 0.2) is 73.3 Å². The van der Waals surface area contributed by atoms with Gasteiger partial charge in [-0.15, -0.1) is 0 Å². The van der Waals surface area contributed by atoms with Gasteiger partial charge in [0.2, 0.25) is 0 Å². The average Bonchev–Trinajstić information content (AvgIpc) is 3.00. The zero-order valence-electron chi connectivity index (χ0n) is 23.7. The maximum atomic E-state index is 11.9. The van der Waals surface area contributed by atoms with E-state index in [1.807, 2.05) is 48.6 Å². The fraction of sp³-hybridized carbons (Fsp3) is 0.312. The van der Waals surface area contributed by atoms with E-state index >= 15 is 0 Å². The van der Waals surface area contributed by atoms with Gasteiger partial charge >= 0.3 is 24.1 Å². The van der Waals surface area contributed by atoms with E-state index in [1.165, 1.54) is 7.11 Å². The van der Waals surface area contributed by atoms with Crippen LogP contribution in [0.1, 0.15) is 43.2 Å². The first-order valence-electron chi connectivity index (χ1n) is 13.4. The number of benzene rings is 2. The van der Waals surface area contributed by atoms with Gasteiger partial charge in [-0.2, -0.15) is 0 Å². The molecule has 0 heterocycles. The third-order valence-corrected chi connectivity index (χ3v) is 5.51. The first kappa shape index (κ1) is 33.3. The fourth-order valence-electron chi connectivity index (χ4n) is 3.21. The van der Waals surface area contributed by atoms with Crippen LogP contribution in [0.25, 0.3) is 12.2 Å². The van der Waals surface area contributed by atoms with E-state index < -0.39 is 24.1 Å². The van der Waals surface area contributed by atoms with Crippen molar-refractivity contribution >= 4 is 36.2 Å². The summed E-state index contributed by atoms with van der Waals surface area (Å²) in [6.45, 7) is 7.91. The number of unbranched alkanes of at least 4 members (excludes halogenated alkanes) is 2. The van der Waals surface area contributed by atoms with Crippen molar-refractivity contribution in [2.24, 2.45) is 0 Å². The van der Waals surface area contributed by atoms with Gasteiger partial charge in [0.25, 0.3) is 0 Å². The second-order valence-corrected chi connectivity index (χ2v) is 8.80. The van der Waals surface area contributed by atoms with Crippen LogP contribution in [0, 0.1) is 0 Å². The van der Waals surface area contributed by atoms with Crippen LogP contribution in [-0.4, -0.2) is 57.6 Å². The lowest BCUT2D eigenvalue weighted by Crippen LogP contribution is -2.14. The zero-order chi connectivity index (χ0) is 30.6. The van der Waals surface area contributed by atoms with Gasteiger partial charge in [-0.25, -0.2) is 14.4 Å². The second-order valence-electron chi connectivity index (χ2n) is 8.80. The molecule has 0 aliphatic carbocycles. The standard InChI is InChI=1S/C32H36O10/c1-4-29(33)39-20-6-5-19-38-27-15-11-25(12-16-27)9-10-26-13-17-28(18-14-26)42-32(36)41-22-8-7-21-40-31(35)24(2)23-30(34)37-3/h4,9-18H,1-2,5-8,19-23H2,3H3/b10-9+. The number of hydrogen-bond donors (Lipinski definition) is 0. The van der Waals surface area contributed by atoms with Gasteiger partial charge in [0.15, 0.2) is 0 Å². The molecule has 0 aliphatic rings. The molecular weight excluding hydrogens is 544 g/mol. The molecular formula is C32H36O10. The van der Waals surface area contributed by atoms with Crippen molar-refractivity contribution in [2.45, 2.75) is 32.1 Å². The molecule has 0 saturated carbocycles. The molecule has 0 aromatic heterocycles. The van der Waals surface area contributed by atoms with Crippen molar-refractivity contribution < 1.29 is 47.6 Å². The minimum atomic E-state index is -0.833. The van der Waals surface area contributed by atoms with E-state index in [-0.39, 0.29) is 25.2 Å². The minimum absolute atomic E-state index is 0.0125. The molecule has 2 rings (SSSR count). The number of methoxy groups -OCH3 is 1. The smallest absolute Gasteiger partial charge is 0.494 e. The molecule has 224 valence electrons. The predicted octanol–water partition coefficient (Wildman–Crippen LogP) is 5.70. The average molecular weight is 581 g/mol. The Labute approximate surface area is 245 Å². The Bertz CT molecular complexity index is 1210. The lowest BCUT2D eigenvalue weighted by atomic mass is 10.1. The Kier molecular flexibility index (Phi) is 15.3. The number of hydrogen-bond acceptors (Lipinski definition) is 10. The molecule has 0 unspecified atom stereocenters. The molecule has 0 saturated heterocycles. The molecule has 0 aliphatic heterocycles. The Balaban J connectivity index is 1.62. The Morgan fingerprint density at radius 3 is 1.81 bits per heavy atom. The number of rotatable bonds is 18. The summed E-state index contributed by atoms with van der Waals surface area (Å²) < 4.78 is 30.3. The third-order valence-electron chi connectivity index (χ3n) is 5.51. The van der Waals surface area contributed by atoms with E-state index in [0.717, 1.165) is 29.4 Å². The highest BCUT2D eigenvalue weighted by molar-refractivity contribution is 5.93. The predicted molar refractivity (Wildman–Crippen MR) is 156 cm³/mol. The number of ether oxygens (including phenoxy) is 6. The maximum absolute atomic E-state index is 11.9. The Morgan fingerprint density at radius 1 is 0.714 bits per heavy atom. The molecule has 2 aromatic carbocycles. The molecule has 0 fully saturated rings. The summed E-state index contributed by atoms with van der Waals surface area (Å²) in [6.07, 6.45) is 6.35. The van der Waals surface area contributed by atoms with E-state index in [1.54, 1.807) is 12.1 Å². The van der Waals surface area contributed by atoms with Crippen LogP contribution >= 0.6 is 0 Å². The summed E-state index contributed by atoms with van der Waals surface area (Å²) in [5, 5.41) is 0. The maximum Gasteiger partial charge on any atom is 0.513 e. The highest BCUT2D eigenvalue weighted by Gasteiger charge is 2.13. The summed E-state index contributed by atoms with van der Waals surface area (Å²) in [7, 11) is 1.22. The zero-order valence-corrected chi connectivity index (χ0v) is 23.7. The van der Waals surface area contributed by atoms with Crippen molar-refractivity contribution in [3.05, 3.63) is 84.5 Å². The first-order valence-corrected chi connectivity index (χ1v) is 13.4. The van der Waals surface area contributed by atoms with Crippen LogP contribution in [0.2, 0.25) is 0 Å². The van der Waals surface area contributed by atoms with Crippen molar-refractivity contribution in [1.29, 1.82) is 0 Å². The molecule has 0 spiro atoms. The Hall–Kier alpha value is -4.86. The van der Waals surface area contributed by atoms with Gasteiger partial charge in [-0.3, -0.25) is 4.79 Å². The molecule has 0 N–H and O–H groups in total. The molecule has 0 radical (unpaired) electrons. The first-order chi connectivity index (χ1) is 20.3. The summed E-state index contributed by atoms with van der Waals surface area (Å²) in [5.41, 5.74) is 1.92. The van der Waals surface area contributed by atoms with Gasteiger partial charge in [0.05, 0.1) is 40.0 Å². The third kappa shape index (κ3) is 14.0. The normalized spacial score (nSPS) is 10.4. The van der Waals surface area contributed by atoms with Gasteiger partial charge < -0.3 is 28.4 Å². The minimum Gasteiger partial charge on any atom is -0.494 e. The van der Waals surface area contributed by atoms with E-state index in [0.29, 0.717) is 38.2 Å². The monoisotopic (exact) mass is 580 g/mol. The molecule has 0 bridgehead atoms. The quantitative estimate of drug-likeness (QED) is 0.0541. The second kappa shape index (κ2) is 19.3. The van der Waals surface area contributed by atoms with Crippen molar-refractivity contribution in [2.75, 3.05) is 33.5 Å². The van der Waals surface area contributed by atoms with E-state index in [2.05, 4.69) is 17.9 Å². The van der Waals surface area contributed by atoms with Crippen molar-refractivity contribution in [1.82, 2.24) is 0 Å². The summed E-state index contributed by atoms with van der Waals surface area (Å²) in [5.74, 6) is -0.562. The highest BCUT2D eigenvalue weighted by Crippen LogP contribution is 2.17. The molecule has 10 nitrogen and oxygen atoms in total. The van der Waals surface area contributed by atoms with Crippen molar-refractivity contribution in [3.63, 3.8) is 0 Å². The molecule has 42 heavy (non-hydrogen) atoms. The number of carbonyl (C=O) groups is 4. The highest BCUT2D eigenvalue weighted by atomic mass is 16.7. The van der Waals surface area contributed by atoms with Gasteiger partial charge in [0.1, 0.15) is 11.5 Å². The molecule has 0 atom stereocenters. The summed E-state index contributed by atoms with van der Waals surface area (Å²) in [4.78, 5) is 45.7. The Morgan fingerprint density at radius 2 is 1.24 bits per heavy atom. The lowest BCUT2D eigenvalue weighted by Gasteiger charge is -2.08. The van der Waals surface area contributed by atoms with E-state index in [4.69, 9.17) is 23.7 Å². The van der Waals surface area contributed by atoms with E-state index in [9.17, 15) is 19.2 Å². The molecule has 2 aromatic rings. The number of carbonyl (C=O) groups excluding carboxylic acids is 4. The van der Waals surface area contributed by atoms with Crippen LogP contribution in [0.3, 0.4) is 0 Å². The lowest BCUT2D eigenvalue weighted by molar-refractivity contribution is -0.144.